The number of methoxy groups -OCH3 is 2. The number of nitrogens with zero attached hydrogens (tertiary/aromatic N) is 2. The van der Waals surface area contributed by atoms with E-state index in [1.165, 1.54) is 0 Å². The zero-order chi connectivity index (χ0) is 18.6. The quantitative estimate of drug-likeness (QED) is 0.592. The second kappa shape index (κ2) is 6.09. The lowest BCUT2D eigenvalue weighted by molar-refractivity contribution is -0.358. The molecule has 4 nitrogen and oxygen atoms in total. The number of aromatic nitrogens is 1. The van der Waals surface area contributed by atoms with Crippen LogP contribution in [0.3, 0.4) is 0 Å². The Bertz CT molecular complexity index is 1010. The van der Waals surface area contributed by atoms with Gasteiger partial charge in [0.05, 0.1) is 30.0 Å². The molecule has 0 atom stereocenters. The molecule has 0 saturated heterocycles. The molecular weight excluding hydrogens is 473 g/mol. The van der Waals surface area contributed by atoms with Gasteiger partial charge in [0.15, 0.2) is 5.70 Å². The molecule has 26 heavy (non-hydrogen) atoms. The molecule has 0 bridgehead atoms. The number of hydrogen-bond donors (Lipinski definition) is 0. The van der Waals surface area contributed by atoms with Gasteiger partial charge >= 0.3 is 6.97 Å². The van der Waals surface area contributed by atoms with Crippen molar-refractivity contribution in [2.75, 3.05) is 14.2 Å². The van der Waals surface area contributed by atoms with Gasteiger partial charge in [-0.05, 0) is 40.2 Å². The molecule has 3 heterocycles. The first-order valence-electron chi connectivity index (χ1n) is 7.77. The number of benzene rings is 1. The van der Waals surface area contributed by atoms with Gasteiger partial charge < -0.3 is 27.1 Å². The van der Waals surface area contributed by atoms with E-state index < -0.39 is 6.97 Å². The van der Waals surface area contributed by atoms with Crippen molar-refractivity contribution in [3.63, 3.8) is 0 Å². The Kier molecular flexibility index (Phi) is 4.11. The van der Waals surface area contributed by atoms with Crippen LogP contribution < -0.4 is 9.47 Å². The second-order valence-corrected chi connectivity index (χ2v) is 7.45. The normalized spacial score (nSPS) is 17.5. The van der Waals surface area contributed by atoms with Gasteiger partial charge in [0.25, 0.3) is 0 Å². The zero-order valence-corrected chi connectivity index (χ0v) is 17.0. The van der Waals surface area contributed by atoms with Crippen molar-refractivity contribution in [2.45, 2.75) is 0 Å². The molecule has 1 aromatic heterocycles. The first-order chi connectivity index (χ1) is 12.4. The summed E-state index contributed by atoms with van der Waals surface area (Å²) in [7, 11) is 3.09. The van der Waals surface area contributed by atoms with Gasteiger partial charge in [-0.1, -0.05) is 6.07 Å². The van der Waals surface area contributed by atoms with Crippen molar-refractivity contribution in [1.29, 1.82) is 0 Å². The highest BCUT2D eigenvalue weighted by atomic mass is 79.9. The number of allylic oxidation sites excluding steroid dienone is 2. The van der Waals surface area contributed by atoms with E-state index in [0.717, 1.165) is 8.96 Å². The van der Waals surface area contributed by atoms with E-state index in [2.05, 4.69) is 31.9 Å². The molecule has 0 aliphatic carbocycles. The second-order valence-electron chi connectivity index (χ2n) is 5.82. The van der Waals surface area contributed by atoms with Crippen molar-refractivity contribution in [3.8, 4) is 11.5 Å². The molecule has 2 aromatic rings. The molecule has 0 saturated carbocycles. The van der Waals surface area contributed by atoms with Gasteiger partial charge in [-0.3, -0.25) is 0 Å². The summed E-state index contributed by atoms with van der Waals surface area (Å²) in [5.41, 5.74) is 2.02. The predicted molar refractivity (Wildman–Crippen MR) is 104 cm³/mol. The molecule has 2 aliphatic rings. The Hall–Kier alpha value is -1.87. The van der Waals surface area contributed by atoms with Gasteiger partial charge in [0.2, 0.25) is 4.62 Å². The van der Waals surface area contributed by atoms with Crippen molar-refractivity contribution < 1.29 is 22.6 Å². The van der Waals surface area contributed by atoms with Gasteiger partial charge in [0.1, 0.15) is 11.5 Å². The van der Waals surface area contributed by atoms with Gasteiger partial charge in [-0.25, -0.2) is 0 Å². The van der Waals surface area contributed by atoms with Crippen LogP contribution in [0.5, 0.6) is 11.5 Å². The number of hydrogen-bond acceptors (Lipinski definition) is 2. The van der Waals surface area contributed by atoms with Gasteiger partial charge in [-0.15, -0.1) is 0 Å². The lowest BCUT2D eigenvalue weighted by Crippen LogP contribution is -2.50. The van der Waals surface area contributed by atoms with E-state index >= 15 is 8.63 Å². The highest BCUT2D eigenvalue weighted by Gasteiger charge is 2.54. The number of halogens is 4. The molecule has 0 amide bonds. The molecule has 9 heteroatoms. The Labute approximate surface area is 165 Å². The first-order valence-corrected chi connectivity index (χ1v) is 9.35. The molecule has 0 spiro atoms. The Morgan fingerprint density at radius 3 is 2.27 bits per heavy atom. The standard InChI is InChI=1S/C17H13BBr2F2N2O2/c1-25-12-4-3-5-13(26-2)17(12)16-10-6-8-14(19)23(10)18(21,22)24-11(16)7-9-15(24)20/h3-9H,1-2H3. The molecule has 4 rings (SSSR count). The monoisotopic (exact) mass is 484 g/mol. The molecule has 0 fully saturated rings. The van der Waals surface area contributed by atoms with Crippen molar-refractivity contribution in [1.82, 2.24) is 4.48 Å². The van der Waals surface area contributed by atoms with Crippen molar-refractivity contribution in [3.05, 3.63) is 64.0 Å². The predicted octanol–water partition coefficient (Wildman–Crippen LogP) is 4.64. The summed E-state index contributed by atoms with van der Waals surface area (Å²) in [5.74, 6) is 1.09. The molecule has 2 aliphatic heterocycles. The lowest BCUT2D eigenvalue weighted by atomic mass is 9.86. The van der Waals surface area contributed by atoms with Crippen LogP contribution in [0.2, 0.25) is 0 Å². The zero-order valence-electron chi connectivity index (χ0n) is 13.8. The number of ether oxygens (including phenoxy) is 2. The largest absolute Gasteiger partial charge is 0.738 e. The van der Waals surface area contributed by atoms with E-state index in [4.69, 9.17) is 9.47 Å². The third-order valence-electron chi connectivity index (χ3n) is 4.55. The minimum atomic E-state index is -4.06. The van der Waals surface area contributed by atoms with Crippen molar-refractivity contribution >= 4 is 49.0 Å². The smallest absolute Gasteiger partial charge is 0.496 e. The van der Waals surface area contributed by atoms with Crippen molar-refractivity contribution in [2.24, 2.45) is 0 Å². The summed E-state index contributed by atoms with van der Waals surface area (Å²) in [5, 5.41) is 0. The van der Waals surface area contributed by atoms with Crippen LogP contribution >= 0.6 is 31.9 Å². The molecule has 134 valence electrons. The van der Waals surface area contributed by atoms with Gasteiger partial charge in [0, 0.05) is 33.8 Å². The van der Waals surface area contributed by atoms with Crippen LogP contribution in [-0.2, 0) is 0 Å². The summed E-state index contributed by atoms with van der Waals surface area (Å²) in [6, 6.07) is 8.66. The third-order valence-corrected chi connectivity index (χ3v) is 5.84. The van der Waals surface area contributed by atoms with Crippen LogP contribution in [-0.4, -0.2) is 34.8 Å². The molecule has 0 radical (unpaired) electrons. The van der Waals surface area contributed by atoms with E-state index in [9.17, 15) is 0 Å². The van der Waals surface area contributed by atoms with E-state index in [1.807, 2.05) is 0 Å². The number of rotatable bonds is 3. The summed E-state index contributed by atoms with van der Waals surface area (Å²) in [4.78, 5) is 0. The fourth-order valence-corrected chi connectivity index (χ4v) is 4.63. The Morgan fingerprint density at radius 2 is 1.65 bits per heavy atom. The summed E-state index contributed by atoms with van der Waals surface area (Å²) in [6.45, 7) is -4.06. The maximum absolute atomic E-state index is 15.3. The van der Waals surface area contributed by atoms with E-state index in [0.29, 0.717) is 43.3 Å². The highest BCUT2D eigenvalue weighted by molar-refractivity contribution is 9.18. The highest BCUT2D eigenvalue weighted by Crippen LogP contribution is 2.46. The fraction of sp³-hybridized carbons (Fsp3) is 0.118. The van der Waals surface area contributed by atoms with E-state index in [1.54, 1.807) is 56.7 Å². The van der Waals surface area contributed by atoms with Crippen LogP contribution in [0.4, 0.5) is 8.63 Å². The van der Waals surface area contributed by atoms with Crippen LogP contribution in [0, 0.1) is 0 Å². The summed E-state index contributed by atoms with van der Waals surface area (Å²) in [6.07, 6.45) is 3.29. The average molecular weight is 486 g/mol. The third kappa shape index (κ3) is 2.26. The molecule has 0 N–H and O–H groups in total. The first kappa shape index (κ1) is 17.5. The van der Waals surface area contributed by atoms with Crippen LogP contribution in [0.25, 0.3) is 5.57 Å². The fourth-order valence-electron chi connectivity index (χ4n) is 3.49. The topological polar surface area (TPSA) is 26.4 Å². The summed E-state index contributed by atoms with van der Waals surface area (Å²) < 4.78 is 44.2. The lowest BCUT2D eigenvalue weighted by Gasteiger charge is -2.32. The summed E-state index contributed by atoms with van der Waals surface area (Å²) >= 11 is 6.52. The van der Waals surface area contributed by atoms with E-state index in [-0.39, 0.29) is 0 Å². The minimum Gasteiger partial charge on any atom is -0.496 e. The minimum absolute atomic E-state index is 0.301. The SMILES string of the molecule is COc1cccc(OC)c1C1=C2C=CC(Br)=[N+]2[B-](F)(F)n2c(Br)ccc21. The Balaban J connectivity index is 2.16. The molecule has 0 unspecified atom stereocenters. The van der Waals surface area contributed by atoms with Gasteiger partial charge in [-0.2, -0.15) is 0 Å². The maximum Gasteiger partial charge on any atom is 0.738 e. The van der Waals surface area contributed by atoms with Crippen LogP contribution in [0.1, 0.15) is 11.3 Å². The Morgan fingerprint density at radius 1 is 1.00 bits per heavy atom. The number of fused-ring (bicyclic) bond motifs is 2. The van der Waals surface area contributed by atoms with Crippen LogP contribution in [0.15, 0.2) is 52.8 Å². The molecule has 1 aromatic carbocycles. The average Bonchev–Trinajstić information content (AvgIpc) is 3.19. The maximum atomic E-state index is 15.3. The molecular formula is C17H13BBr2F2N2O2.